The summed E-state index contributed by atoms with van der Waals surface area (Å²) in [4.78, 5) is 1.31. The maximum Gasteiger partial charge on any atom is 0.183 e. The van der Waals surface area contributed by atoms with Crippen molar-refractivity contribution in [2.75, 3.05) is 5.32 Å². The van der Waals surface area contributed by atoms with E-state index >= 15 is 0 Å². The van der Waals surface area contributed by atoms with Crippen LogP contribution in [-0.2, 0) is 11.2 Å². The molecule has 0 bridgehead atoms. The Hall–Kier alpha value is -0.580. The maximum absolute atomic E-state index is 12.4. The molecule has 18 heavy (non-hydrogen) atoms. The number of hydrogen-bond acceptors (Lipinski definition) is 2. The van der Waals surface area contributed by atoms with Gasteiger partial charge in [0, 0.05) is 22.3 Å². The Morgan fingerprint density at radius 3 is 2.33 bits per heavy atom. The van der Waals surface area contributed by atoms with E-state index in [4.69, 9.17) is 34.8 Å². The van der Waals surface area contributed by atoms with Crippen LogP contribution in [0.2, 0.25) is 15.1 Å². The number of fused-ring (bicyclic) bond motifs is 2. The highest BCUT2D eigenvalue weighted by atomic mass is 35.5. The van der Waals surface area contributed by atoms with Crippen LogP contribution >= 0.6 is 34.8 Å². The van der Waals surface area contributed by atoms with Gasteiger partial charge in [-0.1, -0.05) is 34.8 Å². The predicted molar refractivity (Wildman–Crippen MR) is 75.9 cm³/mol. The van der Waals surface area contributed by atoms with Gasteiger partial charge in [0.15, 0.2) is 9.79 Å². The minimum atomic E-state index is -1.28. The van der Waals surface area contributed by atoms with Gasteiger partial charge in [0.2, 0.25) is 0 Å². The van der Waals surface area contributed by atoms with Gasteiger partial charge in [-0.2, -0.15) is 0 Å². The minimum absolute atomic E-state index is 0.392. The number of nitrogens with one attached hydrogen (secondary N) is 1. The number of hydrogen-bond donors (Lipinski definition) is 1. The standard InChI is InChI=1S/C12H6Cl3NOS/c13-6-1-2-11-9(3-6)16-10-4-7(14)8(15)5-12(10)18(11)17/h1-5,16H. The summed E-state index contributed by atoms with van der Waals surface area (Å²) >= 11 is 16.5. The molecule has 1 unspecified atom stereocenters. The van der Waals surface area contributed by atoms with Crippen molar-refractivity contribution >= 4 is 57.4 Å². The van der Waals surface area contributed by atoms with Crippen LogP contribution in [0.15, 0.2) is 40.1 Å². The Morgan fingerprint density at radius 2 is 1.56 bits per heavy atom. The molecule has 6 heteroatoms. The third-order valence-electron chi connectivity index (χ3n) is 2.63. The molecule has 0 saturated heterocycles. The average Bonchev–Trinajstić information content (AvgIpc) is 2.32. The zero-order valence-electron chi connectivity index (χ0n) is 8.84. The first-order chi connectivity index (χ1) is 8.56. The summed E-state index contributed by atoms with van der Waals surface area (Å²) in [5.74, 6) is 0. The van der Waals surface area contributed by atoms with E-state index in [1.54, 1.807) is 30.3 Å². The molecule has 2 nitrogen and oxygen atoms in total. The van der Waals surface area contributed by atoms with Gasteiger partial charge in [0.25, 0.3) is 0 Å². The van der Waals surface area contributed by atoms with Crippen LogP contribution < -0.4 is 5.32 Å². The number of benzene rings is 2. The molecule has 1 atom stereocenters. The number of rotatable bonds is 0. The van der Waals surface area contributed by atoms with Crippen LogP contribution in [0.25, 0.3) is 0 Å². The molecule has 1 aliphatic rings. The number of anilines is 2. The molecule has 0 amide bonds. The lowest BCUT2D eigenvalue weighted by molar-refractivity contribution is 0.595. The van der Waals surface area contributed by atoms with Crippen molar-refractivity contribution in [3.63, 3.8) is 0 Å². The summed E-state index contributed by atoms with van der Waals surface area (Å²) in [6.07, 6.45) is 0. The fourth-order valence-corrected chi connectivity index (χ4v) is 3.64. The largest absolute Gasteiger partial charge is 0.606 e. The SMILES string of the molecule is [O-][S+]1c2ccc(Cl)cc2Nc2cc(Cl)c(Cl)cc21. The van der Waals surface area contributed by atoms with E-state index in [1.165, 1.54) is 0 Å². The quantitative estimate of drug-likeness (QED) is 0.703. The Morgan fingerprint density at radius 1 is 0.889 bits per heavy atom. The Kier molecular flexibility index (Phi) is 3.12. The van der Waals surface area contributed by atoms with E-state index in [0.717, 1.165) is 5.69 Å². The van der Waals surface area contributed by atoms with Crippen molar-refractivity contribution in [2.24, 2.45) is 0 Å². The van der Waals surface area contributed by atoms with E-state index < -0.39 is 11.2 Å². The average molecular weight is 319 g/mol. The van der Waals surface area contributed by atoms with Crippen molar-refractivity contribution in [2.45, 2.75) is 9.79 Å². The van der Waals surface area contributed by atoms with Gasteiger partial charge in [0.1, 0.15) is 0 Å². The summed E-state index contributed by atoms with van der Waals surface area (Å²) < 4.78 is 12.4. The molecule has 2 aromatic rings. The molecule has 2 aromatic carbocycles. The van der Waals surface area contributed by atoms with E-state index in [1.807, 2.05) is 0 Å². The molecule has 3 rings (SSSR count). The van der Waals surface area contributed by atoms with Gasteiger partial charge < -0.3 is 9.87 Å². The van der Waals surface area contributed by atoms with Crippen molar-refractivity contribution in [1.29, 1.82) is 0 Å². The second-order valence-corrected chi connectivity index (χ2v) is 6.46. The zero-order valence-corrected chi connectivity index (χ0v) is 11.9. The van der Waals surface area contributed by atoms with E-state index in [-0.39, 0.29) is 0 Å². The Labute approximate surface area is 122 Å². The highest BCUT2D eigenvalue weighted by Gasteiger charge is 2.29. The van der Waals surface area contributed by atoms with E-state index in [0.29, 0.717) is 30.5 Å². The van der Waals surface area contributed by atoms with Gasteiger partial charge >= 0.3 is 0 Å². The van der Waals surface area contributed by atoms with E-state index in [2.05, 4.69) is 5.32 Å². The van der Waals surface area contributed by atoms with Gasteiger partial charge in [-0.05, 0) is 24.3 Å². The molecule has 0 aliphatic carbocycles. The van der Waals surface area contributed by atoms with Crippen molar-refractivity contribution in [1.82, 2.24) is 0 Å². The molecule has 0 saturated carbocycles. The van der Waals surface area contributed by atoms with Crippen molar-refractivity contribution in [3.8, 4) is 0 Å². The lowest BCUT2D eigenvalue weighted by atomic mass is 10.2. The predicted octanol–water partition coefficient (Wildman–Crippen LogP) is 4.87. The van der Waals surface area contributed by atoms with Crippen LogP contribution in [0.5, 0.6) is 0 Å². The van der Waals surface area contributed by atoms with Gasteiger partial charge in [-0.25, -0.2) is 0 Å². The molecular formula is C12H6Cl3NOS. The van der Waals surface area contributed by atoms with Gasteiger partial charge in [-0.15, -0.1) is 0 Å². The monoisotopic (exact) mass is 317 g/mol. The topological polar surface area (TPSA) is 35.1 Å². The second-order valence-electron chi connectivity index (χ2n) is 3.80. The summed E-state index contributed by atoms with van der Waals surface area (Å²) in [6, 6.07) is 8.48. The lowest BCUT2D eigenvalue weighted by Crippen LogP contribution is -2.13. The van der Waals surface area contributed by atoms with Gasteiger partial charge in [-0.3, -0.25) is 0 Å². The van der Waals surface area contributed by atoms with Crippen molar-refractivity contribution < 1.29 is 4.55 Å². The molecule has 0 aromatic heterocycles. The lowest BCUT2D eigenvalue weighted by Gasteiger charge is -2.23. The van der Waals surface area contributed by atoms with Crippen molar-refractivity contribution in [3.05, 3.63) is 45.4 Å². The summed E-state index contributed by atoms with van der Waals surface area (Å²) in [5.41, 5.74) is 1.42. The van der Waals surface area contributed by atoms with Crippen LogP contribution in [-0.4, -0.2) is 4.55 Å². The van der Waals surface area contributed by atoms with Gasteiger partial charge in [0.05, 0.1) is 21.4 Å². The molecule has 1 heterocycles. The third-order valence-corrected chi connectivity index (χ3v) is 5.08. The fraction of sp³-hybridized carbons (Fsp3) is 0. The molecule has 0 radical (unpaired) electrons. The highest BCUT2D eigenvalue weighted by molar-refractivity contribution is 7.92. The third kappa shape index (κ3) is 1.96. The van der Waals surface area contributed by atoms with Crippen LogP contribution in [0.4, 0.5) is 11.4 Å². The first-order valence-electron chi connectivity index (χ1n) is 5.03. The smallest absolute Gasteiger partial charge is 0.183 e. The molecule has 0 spiro atoms. The summed E-state index contributed by atoms with van der Waals surface area (Å²) in [6.45, 7) is 0. The molecule has 0 fully saturated rings. The zero-order chi connectivity index (χ0) is 12.9. The Bertz CT molecular complexity index is 647. The van der Waals surface area contributed by atoms with Crippen LogP contribution in [0.3, 0.4) is 0 Å². The molecular weight excluding hydrogens is 313 g/mol. The van der Waals surface area contributed by atoms with Crippen LogP contribution in [0, 0.1) is 0 Å². The molecule has 1 aliphatic heterocycles. The summed E-state index contributed by atoms with van der Waals surface area (Å²) in [5, 5.41) is 4.56. The maximum atomic E-state index is 12.4. The fourth-order valence-electron chi connectivity index (χ4n) is 1.80. The summed E-state index contributed by atoms with van der Waals surface area (Å²) in [7, 11) is 0. The first kappa shape index (κ1) is 12.5. The second kappa shape index (κ2) is 4.51. The normalized spacial score (nSPS) is 16.8. The molecule has 92 valence electrons. The first-order valence-corrected chi connectivity index (χ1v) is 7.32. The Balaban J connectivity index is 2.18. The minimum Gasteiger partial charge on any atom is -0.606 e. The van der Waals surface area contributed by atoms with E-state index in [9.17, 15) is 4.55 Å². The van der Waals surface area contributed by atoms with Crippen LogP contribution in [0.1, 0.15) is 0 Å². The molecule has 1 N–H and O–H groups in total. The number of halogens is 3. The highest BCUT2D eigenvalue weighted by Crippen LogP contribution is 2.43.